The molecule has 0 unspecified atom stereocenters. The third-order valence-electron chi connectivity index (χ3n) is 4.98. The lowest BCUT2D eigenvalue weighted by atomic mass is 9.80. The Bertz CT molecular complexity index is 369. The molecule has 1 N–H and O–H groups in total. The molecular weight excluding hydrogens is 352 g/mol. The smallest absolute Gasteiger partial charge is 0.0701 e. The topological polar surface area (TPSA) is 43.0 Å². The molecule has 1 rings (SSSR count). The molecule has 5 nitrogen and oxygen atoms in total. The van der Waals surface area contributed by atoms with Crippen molar-refractivity contribution in [3.05, 3.63) is 0 Å². The lowest BCUT2D eigenvalue weighted by molar-refractivity contribution is 0.00895. The van der Waals surface area contributed by atoms with Crippen molar-refractivity contribution in [3.8, 4) is 0 Å². The molecule has 5 heteroatoms. The van der Waals surface area contributed by atoms with Gasteiger partial charge in [-0.3, -0.25) is 0 Å². The van der Waals surface area contributed by atoms with Crippen LogP contribution >= 0.6 is 0 Å². The predicted molar refractivity (Wildman–Crippen MR) is 118 cm³/mol. The van der Waals surface area contributed by atoms with Crippen LogP contribution in [0.4, 0.5) is 0 Å². The molecule has 0 aromatic carbocycles. The van der Waals surface area contributed by atoms with E-state index in [1.54, 1.807) is 0 Å². The first kappa shape index (κ1) is 25.8. The Balaban J connectivity index is 1.81. The van der Waals surface area contributed by atoms with Gasteiger partial charge in [-0.25, -0.2) is 0 Å². The number of hydrogen-bond acceptors (Lipinski definition) is 5. The van der Waals surface area contributed by atoms with Gasteiger partial charge in [-0.1, -0.05) is 41.5 Å². The zero-order valence-corrected chi connectivity index (χ0v) is 19.6. The van der Waals surface area contributed by atoms with Crippen molar-refractivity contribution < 1.29 is 14.2 Å². The van der Waals surface area contributed by atoms with Crippen LogP contribution in [-0.2, 0) is 14.2 Å². The van der Waals surface area contributed by atoms with E-state index in [0.29, 0.717) is 37.3 Å². The normalized spacial score (nSPS) is 17.4. The molecule has 28 heavy (non-hydrogen) atoms. The number of likely N-dealkylation sites (tertiary alicyclic amines) is 1. The fourth-order valence-corrected chi connectivity index (χ4v) is 3.62. The van der Waals surface area contributed by atoms with E-state index in [2.05, 4.69) is 51.8 Å². The molecule has 0 aromatic rings. The second-order valence-electron chi connectivity index (χ2n) is 10.6. The van der Waals surface area contributed by atoms with E-state index in [9.17, 15) is 0 Å². The van der Waals surface area contributed by atoms with Crippen LogP contribution in [0.5, 0.6) is 0 Å². The van der Waals surface area contributed by atoms with Crippen molar-refractivity contribution in [1.29, 1.82) is 0 Å². The van der Waals surface area contributed by atoms with Crippen molar-refractivity contribution in [2.45, 2.75) is 60.8 Å². The van der Waals surface area contributed by atoms with Gasteiger partial charge in [0, 0.05) is 19.6 Å². The molecule has 0 atom stereocenters. The van der Waals surface area contributed by atoms with E-state index in [-0.39, 0.29) is 0 Å². The quantitative estimate of drug-likeness (QED) is 0.449. The second-order valence-corrected chi connectivity index (χ2v) is 10.6. The maximum Gasteiger partial charge on any atom is 0.0701 e. The molecule has 1 saturated heterocycles. The van der Waals surface area contributed by atoms with Crippen LogP contribution in [0.3, 0.4) is 0 Å². The van der Waals surface area contributed by atoms with Gasteiger partial charge in [-0.05, 0) is 49.1 Å². The molecule has 0 bridgehead atoms. The highest BCUT2D eigenvalue weighted by Gasteiger charge is 2.23. The van der Waals surface area contributed by atoms with Crippen molar-refractivity contribution in [2.24, 2.45) is 16.7 Å². The maximum absolute atomic E-state index is 5.72. The minimum Gasteiger partial charge on any atom is -0.378 e. The highest BCUT2D eigenvalue weighted by molar-refractivity contribution is 4.76. The number of hydrogen-bond donors (Lipinski definition) is 1. The number of nitrogens with zero attached hydrogens (tertiary/aromatic N) is 1. The van der Waals surface area contributed by atoms with Crippen LogP contribution in [0.2, 0.25) is 0 Å². The molecule has 0 aromatic heterocycles. The fraction of sp³-hybridized carbons (Fsp3) is 1.00. The van der Waals surface area contributed by atoms with Crippen LogP contribution in [-0.4, -0.2) is 77.3 Å². The highest BCUT2D eigenvalue weighted by atomic mass is 16.5. The summed E-state index contributed by atoms with van der Waals surface area (Å²) in [7, 11) is 0. The Morgan fingerprint density at radius 3 is 1.82 bits per heavy atom. The minimum atomic E-state index is 0.325. The van der Waals surface area contributed by atoms with Crippen LogP contribution in [0.1, 0.15) is 60.8 Å². The number of nitrogens with one attached hydrogen (secondary N) is 1. The zero-order chi connectivity index (χ0) is 20.9. The van der Waals surface area contributed by atoms with Crippen LogP contribution in [0, 0.1) is 16.7 Å². The number of piperidine rings is 1. The Morgan fingerprint density at radius 2 is 1.29 bits per heavy atom. The lowest BCUT2D eigenvalue weighted by Crippen LogP contribution is -2.37. The standard InChI is InChI=1S/C23H48N2O3/c1-22(2,3)19-21-7-10-25(11-8-21)12-14-27-16-18-28-17-15-26-13-9-24-20-23(4,5)6/h21,24H,7-20H2,1-6H3. The first-order valence-corrected chi connectivity index (χ1v) is 11.3. The molecule has 0 spiro atoms. The van der Waals surface area contributed by atoms with Gasteiger partial charge < -0.3 is 24.4 Å². The van der Waals surface area contributed by atoms with Crippen LogP contribution < -0.4 is 5.32 Å². The van der Waals surface area contributed by atoms with Gasteiger partial charge in [-0.2, -0.15) is 0 Å². The monoisotopic (exact) mass is 400 g/mol. The molecule has 1 heterocycles. The first-order valence-electron chi connectivity index (χ1n) is 11.3. The molecule has 0 radical (unpaired) electrons. The average Bonchev–Trinajstić information content (AvgIpc) is 2.58. The summed E-state index contributed by atoms with van der Waals surface area (Å²) >= 11 is 0. The number of rotatable bonds is 14. The molecule has 1 aliphatic heterocycles. The lowest BCUT2D eigenvalue weighted by Gasteiger charge is -2.34. The van der Waals surface area contributed by atoms with Crippen molar-refractivity contribution in [1.82, 2.24) is 10.2 Å². The molecule has 0 saturated carbocycles. The summed E-state index contributed by atoms with van der Waals surface area (Å²) in [6, 6.07) is 0. The molecule has 168 valence electrons. The molecule has 1 aliphatic rings. The maximum atomic E-state index is 5.72. The van der Waals surface area contributed by atoms with Gasteiger partial charge in [0.15, 0.2) is 0 Å². The van der Waals surface area contributed by atoms with E-state index < -0.39 is 0 Å². The van der Waals surface area contributed by atoms with Crippen molar-refractivity contribution in [3.63, 3.8) is 0 Å². The average molecular weight is 401 g/mol. The molecule has 0 amide bonds. The summed E-state index contributed by atoms with van der Waals surface area (Å²) < 4.78 is 16.8. The molecule has 1 fully saturated rings. The largest absolute Gasteiger partial charge is 0.378 e. The third kappa shape index (κ3) is 15.7. The zero-order valence-electron chi connectivity index (χ0n) is 19.6. The Kier molecular flexibility index (Phi) is 12.8. The van der Waals surface area contributed by atoms with E-state index in [4.69, 9.17) is 14.2 Å². The van der Waals surface area contributed by atoms with Crippen molar-refractivity contribution in [2.75, 3.05) is 72.4 Å². The van der Waals surface area contributed by atoms with Crippen LogP contribution in [0.25, 0.3) is 0 Å². The van der Waals surface area contributed by atoms with Gasteiger partial charge in [0.05, 0.1) is 39.6 Å². The SMILES string of the molecule is CC(C)(C)CNCCOCCOCCOCCN1CCC(CC(C)(C)C)CC1. The Hall–Kier alpha value is -0.200. The Labute approximate surface area is 174 Å². The first-order chi connectivity index (χ1) is 13.2. The summed E-state index contributed by atoms with van der Waals surface area (Å²) in [5.41, 5.74) is 0.788. The van der Waals surface area contributed by atoms with Gasteiger partial charge >= 0.3 is 0 Å². The summed E-state index contributed by atoms with van der Waals surface area (Å²) in [5.74, 6) is 0.905. The number of ether oxygens (including phenoxy) is 3. The van der Waals surface area contributed by atoms with E-state index in [1.807, 2.05) is 0 Å². The molecular formula is C23H48N2O3. The van der Waals surface area contributed by atoms with Gasteiger partial charge in [0.25, 0.3) is 0 Å². The van der Waals surface area contributed by atoms with Gasteiger partial charge in [-0.15, -0.1) is 0 Å². The van der Waals surface area contributed by atoms with Gasteiger partial charge in [0.2, 0.25) is 0 Å². The van der Waals surface area contributed by atoms with E-state index in [1.165, 1.54) is 32.4 Å². The predicted octanol–water partition coefficient (Wildman–Crippen LogP) is 3.82. The highest BCUT2D eigenvalue weighted by Crippen LogP contribution is 2.30. The summed E-state index contributed by atoms with van der Waals surface area (Å²) in [5, 5.41) is 3.40. The molecule has 0 aliphatic carbocycles. The van der Waals surface area contributed by atoms with Crippen LogP contribution in [0.15, 0.2) is 0 Å². The fourth-order valence-electron chi connectivity index (χ4n) is 3.62. The summed E-state index contributed by atoms with van der Waals surface area (Å²) in [6.45, 7) is 23.3. The van der Waals surface area contributed by atoms with E-state index in [0.717, 1.165) is 38.8 Å². The van der Waals surface area contributed by atoms with E-state index >= 15 is 0 Å². The van der Waals surface area contributed by atoms with Gasteiger partial charge in [0.1, 0.15) is 0 Å². The third-order valence-corrected chi connectivity index (χ3v) is 4.98. The summed E-state index contributed by atoms with van der Waals surface area (Å²) in [4.78, 5) is 2.54. The summed E-state index contributed by atoms with van der Waals surface area (Å²) in [6.07, 6.45) is 4.03. The van der Waals surface area contributed by atoms with Crippen molar-refractivity contribution >= 4 is 0 Å². The minimum absolute atomic E-state index is 0.325. The Morgan fingerprint density at radius 1 is 0.750 bits per heavy atom. The second kappa shape index (κ2) is 13.9.